The highest BCUT2D eigenvalue weighted by molar-refractivity contribution is 6.42. The molecule has 0 spiro atoms. The normalized spacial score (nSPS) is 15.6. The average molecular weight is 404 g/mol. The van der Waals surface area contributed by atoms with Crippen molar-refractivity contribution in [1.82, 2.24) is 0 Å². The highest BCUT2D eigenvalue weighted by atomic mass is 35.5. The molecule has 3 rings (SSSR count). The van der Waals surface area contributed by atoms with Crippen molar-refractivity contribution in [3.05, 3.63) is 74.9 Å². The molecule has 0 bridgehead atoms. The molecule has 0 saturated heterocycles. The van der Waals surface area contributed by atoms with Crippen molar-refractivity contribution in [3.63, 3.8) is 0 Å². The number of carbonyl (C=O) groups is 2. The first-order chi connectivity index (χ1) is 12.8. The van der Waals surface area contributed by atoms with Gasteiger partial charge in [0.1, 0.15) is 5.75 Å². The summed E-state index contributed by atoms with van der Waals surface area (Å²) in [6, 6.07) is 11.3. The van der Waals surface area contributed by atoms with Gasteiger partial charge in [0.2, 0.25) is 0 Å². The van der Waals surface area contributed by atoms with Gasteiger partial charge in [-0.25, -0.2) is 4.79 Å². The minimum atomic E-state index is -0.648. The molecule has 7 heteroatoms. The zero-order chi connectivity index (χ0) is 19.7. The number of allylic oxidation sites excluding steroid dienone is 1. The first-order valence-corrected chi connectivity index (χ1v) is 8.69. The van der Waals surface area contributed by atoms with Gasteiger partial charge in [0.15, 0.2) is 0 Å². The molecule has 5 nitrogen and oxygen atoms in total. The summed E-state index contributed by atoms with van der Waals surface area (Å²) in [6.07, 6.45) is 1.46. The third-order valence-corrected chi connectivity index (χ3v) is 4.93. The van der Waals surface area contributed by atoms with E-state index in [0.717, 1.165) is 0 Å². The maximum atomic E-state index is 13.1. The van der Waals surface area contributed by atoms with Crippen molar-refractivity contribution in [3.8, 4) is 5.75 Å². The van der Waals surface area contributed by atoms with Crippen LogP contribution in [0.3, 0.4) is 0 Å². The summed E-state index contributed by atoms with van der Waals surface area (Å²) < 4.78 is 4.85. The van der Waals surface area contributed by atoms with Crippen LogP contribution in [0, 0.1) is 0 Å². The molecule has 27 heavy (non-hydrogen) atoms. The van der Waals surface area contributed by atoms with Gasteiger partial charge in [0, 0.05) is 11.3 Å². The molecule has 1 amide bonds. The molecule has 0 aliphatic carbocycles. The first-order valence-electron chi connectivity index (χ1n) is 7.94. The lowest BCUT2D eigenvalue weighted by Gasteiger charge is -2.18. The molecule has 1 aliphatic heterocycles. The van der Waals surface area contributed by atoms with E-state index in [1.165, 1.54) is 24.2 Å². The second-order valence-electron chi connectivity index (χ2n) is 5.81. The van der Waals surface area contributed by atoms with Crippen LogP contribution in [0.25, 0.3) is 6.08 Å². The molecule has 1 aliphatic rings. The molecular formula is C20H15Cl2NO4. The first kappa shape index (κ1) is 19.0. The van der Waals surface area contributed by atoms with Crippen LogP contribution < -0.4 is 4.90 Å². The highest BCUT2D eigenvalue weighted by Crippen LogP contribution is 2.38. The van der Waals surface area contributed by atoms with Crippen molar-refractivity contribution in [1.29, 1.82) is 0 Å². The van der Waals surface area contributed by atoms with Crippen LogP contribution in [0.5, 0.6) is 5.75 Å². The van der Waals surface area contributed by atoms with E-state index in [1.54, 1.807) is 43.3 Å². The summed E-state index contributed by atoms with van der Waals surface area (Å²) in [5.74, 6) is -1.09. The Morgan fingerprint density at radius 3 is 2.48 bits per heavy atom. The second-order valence-corrected chi connectivity index (χ2v) is 6.62. The van der Waals surface area contributed by atoms with E-state index in [2.05, 4.69) is 0 Å². The van der Waals surface area contributed by atoms with Crippen LogP contribution in [0.2, 0.25) is 10.0 Å². The topological polar surface area (TPSA) is 66.8 Å². The van der Waals surface area contributed by atoms with Crippen molar-refractivity contribution < 1.29 is 19.4 Å². The van der Waals surface area contributed by atoms with E-state index in [0.29, 0.717) is 22.0 Å². The fourth-order valence-electron chi connectivity index (χ4n) is 2.88. The van der Waals surface area contributed by atoms with E-state index in [1.807, 2.05) is 0 Å². The SMILES string of the molecule is COC(=O)C1=C(C)N(c2ccc(Cl)c(Cl)c2)C(=O)/C1=C\c1ccccc1O. The molecular weight excluding hydrogens is 389 g/mol. The Hall–Kier alpha value is -2.76. The van der Waals surface area contributed by atoms with E-state index in [-0.39, 0.29) is 21.9 Å². The molecule has 1 N–H and O–H groups in total. The minimum Gasteiger partial charge on any atom is -0.507 e. The Labute approximate surface area is 166 Å². The quantitative estimate of drug-likeness (QED) is 0.601. The number of hydrogen-bond donors (Lipinski definition) is 1. The number of benzene rings is 2. The number of halogens is 2. The number of anilines is 1. The molecule has 0 atom stereocenters. The van der Waals surface area contributed by atoms with Gasteiger partial charge >= 0.3 is 5.97 Å². The van der Waals surface area contributed by atoms with Gasteiger partial charge in [-0.2, -0.15) is 0 Å². The Balaban J connectivity index is 2.17. The van der Waals surface area contributed by atoms with E-state index < -0.39 is 11.9 Å². The number of nitrogens with zero attached hydrogens (tertiary/aromatic N) is 1. The minimum absolute atomic E-state index is 0.00680. The number of ether oxygens (including phenoxy) is 1. The van der Waals surface area contributed by atoms with Crippen LogP contribution in [-0.2, 0) is 14.3 Å². The molecule has 0 aromatic heterocycles. The summed E-state index contributed by atoms with van der Waals surface area (Å²) in [4.78, 5) is 26.8. The Kier molecular flexibility index (Phi) is 5.26. The number of methoxy groups -OCH3 is 1. The maximum Gasteiger partial charge on any atom is 0.340 e. The standard InChI is InChI=1S/C20H15Cl2NO4/c1-11-18(20(26)27-2)14(9-12-5-3-4-6-17(12)24)19(25)23(11)13-7-8-15(21)16(22)10-13/h3-10,24H,1-2H3/b14-9-. The fraction of sp³-hybridized carbons (Fsp3) is 0.100. The van der Waals surface area contributed by atoms with Crippen molar-refractivity contribution in [2.45, 2.75) is 6.92 Å². The Bertz CT molecular complexity index is 1010. The van der Waals surface area contributed by atoms with E-state index in [9.17, 15) is 14.7 Å². The highest BCUT2D eigenvalue weighted by Gasteiger charge is 2.38. The van der Waals surface area contributed by atoms with Crippen molar-refractivity contribution in [2.75, 3.05) is 12.0 Å². The van der Waals surface area contributed by atoms with E-state index >= 15 is 0 Å². The average Bonchev–Trinajstić information content (AvgIpc) is 2.89. The molecule has 1 heterocycles. The molecule has 0 unspecified atom stereocenters. The fourth-order valence-corrected chi connectivity index (χ4v) is 3.17. The number of amides is 1. The van der Waals surface area contributed by atoms with Gasteiger partial charge in [-0.15, -0.1) is 0 Å². The molecule has 0 saturated carbocycles. The number of rotatable bonds is 3. The van der Waals surface area contributed by atoms with Gasteiger partial charge in [0.25, 0.3) is 5.91 Å². The van der Waals surface area contributed by atoms with Crippen LogP contribution in [0.1, 0.15) is 12.5 Å². The number of hydrogen-bond acceptors (Lipinski definition) is 4. The van der Waals surface area contributed by atoms with E-state index in [4.69, 9.17) is 27.9 Å². The van der Waals surface area contributed by atoms with Crippen LogP contribution >= 0.6 is 23.2 Å². The Morgan fingerprint density at radius 1 is 1.15 bits per heavy atom. The van der Waals surface area contributed by atoms with Crippen LogP contribution in [-0.4, -0.2) is 24.1 Å². The number of phenolic OH excluding ortho intramolecular Hbond substituents is 1. The summed E-state index contributed by atoms with van der Waals surface area (Å²) in [5, 5.41) is 10.7. The largest absolute Gasteiger partial charge is 0.507 e. The third kappa shape index (κ3) is 3.44. The van der Waals surface area contributed by atoms with Crippen LogP contribution in [0.4, 0.5) is 5.69 Å². The lowest BCUT2D eigenvalue weighted by Crippen LogP contribution is -2.24. The lowest BCUT2D eigenvalue weighted by atomic mass is 10.0. The van der Waals surface area contributed by atoms with Gasteiger partial charge in [-0.05, 0) is 37.3 Å². The molecule has 2 aromatic carbocycles. The monoisotopic (exact) mass is 403 g/mol. The lowest BCUT2D eigenvalue weighted by molar-refractivity contribution is -0.136. The van der Waals surface area contributed by atoms with Crippen LogP contribution in [0.15, 0.2) is 59.3 Å². The number of carbonyl (C=O) groups excluding carboxylic acids is 2. The summed E-state index contributed by atoms with van der Waals surface area (Å²) in [6.45, 7) is 1.64. The van der Waals surface area contributed by atoms with Crippen molar-refractivity contribution in [2.24, 2.45) is 0 Å². The van der Waals surface area contributed by atoms with Gasteiger partial charge in [-0.1, -0.05) is 41.4 Å². The van der Waals surface area contributed by atoms with Crippen molar-refractivity contribution >= 4 is 46.8 Å². The summed E-state index contributed by atoms with van der Waals surface area (Å²) >= 11 is 12.0. The van der Waals surface area contributed by atoms with Gasteiger partial charge < -0.3 is 9.84 Å². The smallest absolute Gasteiger partial charge is 0.340 e. The zero-order valence-corrected chi connectivity index (χ0v) is 16.0. The van der Waals surface area contributed by atoms with Gasteiger partial charge in [-0.3, -0.25) is 9.69 Å². The summed E-state index contributed by atoms with van der Waals surface area (Å²) in [5.41, 5.74) is 1.51. The molecule has 2 aromatic rings. The van der Waals surface area contributed by atoms with Gasteiger partial charge in [0.05, 0.1) is 34.0 Å². The number of aromatic hydroxyl groups is 1. The maximum absolute atomic E-state index is 13.1. The zero-order valence-electron chi connectivity index (χ0n) is 14.5. The predicted molar refractivity (Wildman–Crippen MR) is 105 cm³/mol. The number of para-hydroxylation sites is 1. The summed E-state index contributed by atoms with van der Waals surface area (Å²) in [7, 11) is 1.24. The Morgan fingerprint density at radius 2 is 1.85 bits per heavy atom. The second kappa shape index (κ2) is 7.47. The number of esters is 1. The number of phenols is 1. The third-order valence-electron chi connectivity index (χ3n) is 4.19. The molecule has 0 radical (unpaired) electrons. The predicted octanol–water partition coefficient (Wildman–Crippen LogP) is 4.58. The molecule has 0 fully saturated rings. The molecule has 138 valence electrons.